The second-order valence-electron chi connectivity index (χ2n) is 3.36. The molecule has 1 aromatic heterocycles. The predicted molar refractivity (Wildman–Crippen MR) is 67.0 cm³/mol. The molecule has 0 spiro atoms. The van der Waals surface area contributed by atoms with Gasteiger partial charge in [-0.2, -0.15) is 0 Å². The van der Waals surface area contributed by atoms with Gasteiger partial charge in [0.25, 0.3) is 0 Å². The summed E-state index contributed by atoms with van der Waals surface area (Å²) in [7, 11) is 1.66. The molecule has 0 amide bonds. The molecule has 0 aromatic carbocycles. The molecular weight excluding hydrogens is 222 g/mol. The average Bonchev–Trinajstić information content (AvgIpc) is 2.27. The van der Waals surface area contributed by atoms with Crippen molar-refractivity contribution >= 4 is 23.9 Å². The maximum absolute atomic E-state index is 10.9. The Morgan fingerprint density at radius 1 is 1.76 bits per heavy atom. The zero-order valence-corrected chi connectivity index (χ0v) is 9.62. The van der Waals surface area contributed by atoms with E-state index in [9.17, 15) is 10.1 Å². The number of anilines is 2. The van der Waals surface area contributed by atoms with Crippen LogP contribution in [-0.2, 0) is 0 Å². The molecule has 1 rings (SSSR count). The van der Waals surface area contributed by atoms with Gasteiger partial charge in [-0.1, -0.05) is 0 Å². The Labute approximate surface area is 98.4 Å². The summed E-state index contributed by atoms with van der Waals surface area (Å²) in [6.45, 7) is 5.10. The lowest BCUT2D eigenvalue weighted by atomic mass is 10.3. The summed E-state index contributed by atoms with van der Waals surface area (Å²) in [6.07, 6.45) is 3.04. The maximum atomic E-state index is 10.9. The zero-order chi connectivity index (χ0) is 13.0. The largest absolute Gasteiger partial charge is 0.378 e. The fourth-order valence-electron chi connectivity index (χ4n) is 1.32. The van der Waals surface area contributed by atoms with Gasteiger partial charge in [0.05, 0.1) is 10.6 Å². The van der Waals surface area contributed by atoms with Crippen molar-refractivity contribution in [1.82, 2.24) is 4.98 Å². The smallest absolute Gasteiger partial charge is 0.334 e. The van der Waals surface area contributed by atoms with Crippen LogP contribution in [0.5, 0.6) is 0 Å². The maximum Gasteiger partial charge on any atom is 0.334 e. The topological polar surface area (TPSA) is 97.7 Å². The van der Waals surface area contributed by atoms with Crippen LogP contribution in [0.1, 0.15) is 6.92 Å². The van der Waals surface area contributed by atoms with Crippen molar-refractivity contribution in [3.8, 4) is 0 Å². The molecular formula is C10H13N5O2. The van der Waals surface area contributed by atoms with Gasteiger partial charge in [0, 0.05) is 19.4 Å². The molecule has 0 atom stereocenters. The summed E-state index contributed by atoms with van der Waals surface area (Å²) >= 11 is 0. The van der Waals surface area contributed by atoms with Gasteiger partial charge in [-0.15, -0.1) is 0 Å². The van der Waals surface area contributed by atoms with Crippen molar-refractivity contribution in [3.05, 3.63) is 34.3 Å². The highest BCUT2D eigenvalue weighted by Crippen LogP contribution is 2.31. The molecule has 1 aromatic rings. The third-order valence-electron chi connectivity index (χ3n) is 2.12. The molecule has 0 saturated carbocycles. The van der Waals surface area contributed by atoms with Gasteiger partial charge in [0.2, 0.25) is 5.82 Å². The van der Waals surface area contributed by atoms with E-state index < -0.39 is 4.92 Å². The second-order valence-corrected chi connectivity index (χ2v) is 3.36. The van der Waals surface area contributed by atoms with E-state index in [2.05, 4.69) is 16.7 Å². The molecule has 0 aliphatic carbocycles. The average molecular weight is 235 g/mol. The summed E-state index contributed by atoms with van der Waals surface area (Å²) in [5, 5.41) is 10.9. The number of hydrogen-bond donors (Lipinski definition) is 1. The van der Waals surface area contributed by atoms with Crippen LogP contribution in [0.25, 0.3) is 0 Å². The number of aliphatic imine (C=N–C) groups is 1. The summed E-state index contributed by atoms with van der Waals surface area (Å²) < 4.78 is 0. The molecule has 0 bridgehead atoms. The first-order valence-electron chi connectivity index (χ1n) is 4.74. The highest BCUT2D eigenvalue weighted by Gasteiger charge is 2.21. The lowest BCUT2D eigenvalue weighted by Gasteiger charge is -2.15. The van der Waals surface area contributed by atoms with Gasteiger partial charge < -0.3 is 10.6 Å². The summed E-state index contributed by atoms with van der Waals surface area (Å²) in [4.78, 5) is 19.3. The molecule has 90 valence electrons. The quantitative estimate of drug-likeness (QED) is 0.485. The van der Waals surface area contributed by atoms with Crippen LogP contribution in [0.4, 0.5) is 17.2 Å². The van der Waals surface area contributed by atoms with Crippen molar-refractivity contribution in [3.63, 3.8) is 0 Å². The molecule has 1 heterocycles. The molecule has 0 aliphatic rings. The normalized spacial score (nSPS) is 11.1. The molecule has 17 heavy (non-hydrogen) atoms. The molecule has 0 saturated heterocycles. The molecule has 0 aliphatic heterocycles. The molecule has 2 N–H and O–H groups in total. The minimum absolute atomic E-state index is 0.114. The van der Waals surface area contributed by atoms with Crippen LogP contribution in [0.3, 0.4) is 0 Å². The number of aromatic nitrogens is 1. The Kier molecular flexibility index (Phi) is 3.76. The molecule has 7 heteroatoms. The minimum atomic E-state index is -0.557. The third-order valence-corrected chi connectivity index (χ3v) is 2.12. The Morgan fingerprint density at radius 2 is 2.41 bits per heavy atom. The number of nitrogens with zero attached hydrogens (tertiary/aromatic N) is 4. The molecule has 0 radical (unpaired) electrons. The van der Waals surface area contributed by atoms with E-state index >= 15 is 0 Å². The first-order chi connectivity index (χ1) is 7.97. The van der Waals surface area contributed by atoms with E-state index in [0.717, 1.165) is 0 Å². The van der Waals surface area contributed by atoms with Crippen molar-refractivity contribution in [2.24, 2.45) is 4.99 Å². The number of rotatable bonds is 4. The van der Waals surface area contributed by atoms with Crippen LogP contribution in [-0.4, -0.2) is 23.7 Å². The zero-order valence-electron chi connectivity index (χ0n) is 9.62. The Morgan fingerprint density at radius 3 is 2.94 bits per heavy atom. The minimum Gasteiger partial charge on any atom is -0.378 e. The van der Waals surface area contributed by atoms with Crippen molar-refractivity contribution in [1.29, 1.82) is 0 Å². The Balaban J connectivity index is 3.27. The second kappa shape index (κ2) is 5.06. The van der Waals surface area contributed by atoms with E-state index in [1.165, 1.54) is 12.3 Å². The fraction of sp³-hybridized carbons (Fsp3) is 0.200. The summed E-state index contributed by atoms with van der Waals surface area (Å²) in [5.74, 6) is -0.114. The van der Waals surface area contributed by atoms with E-state index in [1.54, 1.807) is 25.1 Å². The van der Waals surface area contributed by atoms with Crippen molar-refractivity contribution in [2.75, 3.05) is 17.7 Å². The first-order valence-corrected chi connectivity index (χ1v) is 4.74. The van der Waals surface area contributed by atoms with Crippen LogP contribution in [0, 0.1) is 10.1 Å². The van der Waals surface area contributed by atoms with E-state index in [0.29, 0.717) is 11.4 Å². The SMILES string of the molecule is C=N/C(C)=C\N(C)c1ccnc(N)c1[N+](=O)[O-]. The van der Waals surface area contributed by atoms with Gasteiger partial charge >= 0.3 is 5.69 Å². The predicted octanol–water partition coefficient (Wildman–Crippen LogP) is 1.57. The fourth-order valence-corrected chi connectivity index (χ4v) is 1.32. The number of allylic oxidation sites excluding steroid dienone is 1. The first kappa shape index (κ1) is 12.6. The number of hydrogen-bond acceptors (Lipinski definition) is 6. The molecule has 7 nitrogen and oxygen atoms in total. The van der Waals surface area contributed by atoms with Gasteiger partial charge in [0.15, 0.2) is 0 Å². The lowest BCUT2D eigenvalue weighted by Crippen LogP contribution is -2.12. The molecule has 0 unspecified atom stereocenters. The third kappa shape index (κ3) is 2.77. The van der Waals surface area contributed by atoms with E-state index in [-0.39, 0.29) is 11.5 Å². The number of nitrogen functional groups attached to an aromatic ring is 1. The van der Waals surface area contributed by atoms with Gasteiger partial charge in [-0.25, -0.2) is 4.98 Å². The Hall–Kier alpha value is -2.44. The standard InChI is InChI=1S/C10H13N5O2/c1-7(12-2)6-14(3)8-4-5-13-10(11)9(8)15(16)17/h4-6H,2H2,1,3H3,(H2,11,13)/b7-6-. The Bertz CT molecular complexity index is 484. The van der Waals surface area contributed by atoms with Gasteiger partial charge in [-0.3, -0.25) is 15.1 Å². The molecule has 0 fully saturated rings. The van der Waals surface area contributed by atoms with Crippen LogP contribution < -0.4 is 10.6 Å². The number of pyridine rings is 1. The van der Waals surface area contributed by atoms with E-state index in [4.69, 9.17) is 5.73 Å². The number of nitrogens with two attached hydrogens (primary N) is 1. The summed E-state index contributed by atoms with van der Waals surface area (Å²) in [5.41, 5.74) is 6.26. The van der Waals surface area contributed by atoms with Crippen LogP contribution >= 0.6 is 0 Å². The highest BCUT2D eigenvalue weighted by molar-refractivity contribution is 5.73. The summed E-state index contributed by atoms with van der Waals surface area (Å²) in [6, 6.07) is 1.52. The van der Waals surface area contributed by atoms with Crippen LogP contribution in [0.2, 0.25) is 0 Å². The van der Waals surface area contributed by atoms with Gasteiger partial charge in [0.1, 0.15) is 5.69 Å². The lowest BCUT2D eigenvalue weighted by molar-refractivity contribution is -0.383. The van der Waals surface area contributed by atoms with Crippen molar-refractivity contribution < 1.29 is 4.92 Å². The van der Waals surface area contributed by atoms with E-state index in [1.807, 2.05) is 0 Å². The van der Waals surface area contributed by atoms with Crippen molar-refractivity contribution in [2.45, 2.75) is 6.92 Å². The monoisotopic (exact) mass is 235 g/mol. The van der Waals surface area contributed by atoms with Crippen LogP contribution in [0.15, 0.2) is 29.2 Å². The van der Waals surface area contributed by atoms with Gasteiger partial charge in [-0.05, 0) is 19.7 Å². The number of nitro groups is 1. The highest BCUT2D eigenvalue weighted by atomic mass is 16.6.